The van der Waals surface area contributed by atoms with Gasteiger partial charge in [-0.2, -0.15) is 5.10 Å². The fourth-order valence-electron chi connectivity index (χ4n) is 2.52. The van der Waals surface area contributed by atoms with Crippen LogP contribution in [0.2, 0.25) is 0 Å². The second kappa shape index (κ2) is 8.86. The van der Waals surface area contributed by atoms with Crippen LogP contribution in [0.3, 0.4) is 0 Å². The number of benzene rings is 1. The standard InChI is InChI=1S/C18H24N4O3/c1-3-15(4-2)21-16-7-6-13(18(24)25)10-14(16)11-19-17(23)12-22-9-5-8-20-22/h5-10,15,21H,3-4,11-12H2,1-2H3,(H,19,23)(H,24,25). The van der Waals surface area contributed by atoms with Crippen molar-refractivity contribution >= 4 is 17.6 Å². The number of amides is 1. The number of carboxylic acid groups (broad SMARTS) is 1. The molecule has 0 atom stereocenters. The van der Waals surface area contributed by atoms with Crippen molar-refractivity contribution in [1.29, 1.82) is 0 Å². The molecule has 2 aromatic rings. The number of nitrogens with one attached hydrogen (secondary N) is 2. The summed E-state index contributed by atoms with van der Waals surface area (Å²) in [6.07, 6.45) is 5.25. The molecule has 0 saturated carbocycles. The van der Waals surface area contributed by atoms with Crippen LogP contribution in [0.4, 0.5) is 5.69 Å². The molecular weight excluding hydrogens is 320 g/mol. The molecule has 7 heteroatoms. The van der Waals surface area contributed by atoms with Gasteiger partial charge in [-0.25, -0.2) is 4.79 Å². The Morgan fingerprint density at radius 3 is 2.64 bits per heavy atom. The first-order valence-electron chi connectivity index (χ1n) is 8.40. The summed E-state index contributed by atoms with van der Waals surface area (Å²) in [6.45, 7) is 4.57. The van der Waals surface area contributed by atoms with Gasteiger partial charge in [-0.15, -0.1) is 0 Å². The van der Waals surface area contributed by atoms with Crippen LogP contribution in [0.1, 0.15) is 42.6 Å². The Balaban J connectivity index is 2.10. The predicted octanol–water partition coefficient (Wildman–Crippen LogP) is 2.50. The first-order valence-corrected chi connectivity index (χ1v) is 8.40. The molecule has 0 unspecified atom stereocenters. The van der Waals surface area contributed by atoms with Gasteiger partial charge in [0.1, 0.15) is 6.54 Å². The van der Waals surface area contributed by atoms with Crippen LogP contribution in [0.15, 0.2) is 36.7 Å². The Labute approximate surface area is 147 Å². The number of carbonyl (C=O) groups excluding carboxylic acids is 1. The van der Waals surface area contributed by atoms with Crippen LogP contribution in [-0.4, -0.2) is 32.8 Å². The third-order valence-electron chi connectivity index (χ3n) is 4.04. The fraction of sp³-hybridized carbons (Fsp3) is 0.389. The maximum Gasteiger partial charge on any atom is 0.335 e. The van der Waals surface area contributed by atoms with Gasteiger partial charge in [0.15, 0.2) is 0 Å². The molecule has 134 valence electrons. The normalized spacial score (nSPS) is 10.7. The Kier molecular flexibility index (Phi) is 6.56. The molecule has 7 nitrogen and oxygen atoms in total. The minimum atomic E-state index is -0.988. The Hall–Kier alpha value is -2.83. The average Bonchev–Trinajstić information content (AvgIpc) is 3.11. The number of aromatic nitrogens is 2. The van der Waals surface area contributed by atoms with Crippen LogP contribution in [0.25, 0.3) is 0 Å². The van der Waals surface area contributed by atoms with Crippen molar-refractivity contribution in [2.75, 3.05) is 5.32 Å². The molecule has 0 radical (unpaired) electrons. The molecule has 1 aromatic carbocycles. The van der Waals surface area contributed by atoms with E-state index < -0.39 is 5.97 Å². The molecule has 0 saturated heterocycles. The molecule has 2 rings (SSSR count). The van der Waals surface area contributed by atoms with E-state index in [0.717, 1.165) is 24.1 Å². The first kappa shape index (κ1) is 18.5. The van der Waals surface area contributed by atoms with Gasteiger partial charge in [0, 0.05) is 30.7 Å². The number of carboxylic acids is 1. The van der Waals surface area contributed by atoms with Gasteiger partial charge < -0.3 is 15.7 Å². The van der Waals surface area contributed by atoms with E-state index in [-0.39, 0.29) is 24.6 Å². The minimum absolute atomic E-state index is 0.126. The summed E-state index contributed by atoms with van der Waals surface area (Å²) in [5, 5.41) is 19.4. The predicted molar refractivity (Wildman–Crippen MR) is 95.5 cm³/mol. The van der Waals surface area contributed by atoms with Crippen molar-refractivity contribution in [3.8, 4) is 0 Å². The van der Waals surface area contributed by atoms with Crippen molar-refractivity contribution < 1.29 is 14.7 Å². The van der Waals surface area contributed by atoms with Gasteiger partial charge >= 0.3 is 5.97 Å². The summed E-state index contributed by atoms with van der Waals surface area (Å²) in [6, 6.07) is 6.98. The van der Waals surface area contributed by atoms with Crippen molar-refractivity contribution in [3.05, 3.63) is 47.8 Å². The molecule has 25 heavy (non-hydrogen) atoms. The maximum atomic E-state index is 12.0. The van der Waals surface area contributed by atoms with E-state index in [2.05, 4.69) is 29.6 Å². The third kappa shape index (κ3) is 5.34. The zero-order valence-electron chi connectivity index (χ0n) is 14.5. The van der Waals surface area contributed by atoms with Crippen LogP contribution < -0.4 is 10.6 Å². The number of anilines is 1. The smallest absolute Gasteiger partial charge is 0.335 e. The van der Waals surface area contributed by atoms with Gasteiger partial charge in [-0.1, -0.05) is 13.8 Å². The zero-order valence-corrected chi connectivity index (χ0v) is 14.5. The highest BCUT2D eigenvalue weighted by molar-refractivity contribution is 5.88. The van der Waals surface area contributed by atoms with E-state index in [1.54, 1.807) is 36.7 Å². The lowest BCUT2D eigenvalue weighted by Gasteiger charge is -2.20. The quantitative estimate of drug-likeness (QED) is 0.649. The van der Waals surface area contributed by atoms with Crippen molar-refractivity contribution in [2.45, 2.75) is 45.8 Å². The molecule has 0 aliphatic carbocycles. The van der Waals surface area contributed by atoms with E-state index >= 15 is 0 Å². The highest BCUT2D eigenvalue weighted by Gasteiger charge is 2.12. The monoisotopic (exact) mass is 344 g/mol. The second-order valence-electron chi connectivity index (χ2n) is 5.82. The van der Waals surface area contributed by atoms with Crippen molar-refractivity contribution in [1.82, 2.24) is 15.1 Å². The number of nitrogens with zero attached hydrogens (tertiary/aromatic N) is 2. The second-order valence-corrected chi connectivity index (χ2v) is 5.82. The lowest BCUT2D eigenvalue weighted by molar-refractivity contribution is -0.122. The summed E-state index contributed by atoms with van der Waals surface area (Å²) in [4.78, 5) is 23.3. The molecular formula is C18H24N4O3. The molecule has 0 bridgehead atoms. The molecule has 0 aliphatic rings. The number of carbonyl (C=O) groups is 2. The summed E-state index contributed by atoms with van der Waals surface area (Å²) in [7, 11) is 0. The van der Waals surface area contributed by atoms with Crippen LogP contribution in [-0.2, 0) is 17.9 Å². The minimum Gasteiger partial charge on any atom is -0.478 e. The van der Waals surface area contributed by atoms with E-state index in [1.165, 1.54) is 4.68 Å². The number of rotatable bonds is 9. The van der Waals surface area contributed by atoms with Crippen LogP contribution in [0.5, 0.6) is 0 Å². The van der Waals surface area contributed by atoms with Gasteiger partial charge in [0.2, 0.25) is 5.91 Å². The zero-order chi connectivity index (χ0) is 18.2. The van der Waals surface area contributed by atoms with Crippen LogP contribution in [0, 0.1) is 0 Å². The van der Waals surface area contributed by atoms with E-state index in [4.69, 9.17) is 0 Å². The fourth-order valence-corrected chi connectivity index (χ4v) is 2.52. The summed E-state index contributed by atoms with van der Waals surface area (Å²) in [5.74, 6) is -1.17. The molecule has 0 fully saturated rings. The molecule has 0 spiro atoms. The first-order chi connectivity index (χ1) is 12.0. The topological polar surface area (TPSA) is 96.3 Å². The molecule has 1 amide bonds. The van der Waals surface area contributed by atoms with Crippen molar-refractivity contribution in [2.24, 2.45) is 0 Å². The Bertz CT molecular complexity index is 709. The Morgan fingerprint density at radius 2 is 2.04 bits per heavy atom. The summed E-state index contributed by atoms with van der Waals surface area (Å²) < 4.78 is 1.53. The average molecular weight is 344 g/mol. The number of hydrogen-bond acceptors (Lipinski definition) is 4. The van der Waals surface area contributed by atoms with E-state index in [1.807, 2.05) is 0 Å². The van der Waals surface area contributed by atoms with E-state index in [9.17, 15) is 14.7 Å². The summed E-state index contributed by atoms with van der Waals surface area (Å²) >= 11 is 0. The Morgan fingerprint density at radius 1 is 1.28 bits per heavy atom. The van der Waals surface area contributed by atoms with Gasteiger partial charge in [0.05, 0.1) is 5.56 Å². The highest BCUT2D eigenvalue weighted by atomic mass is 16.4. The lowest BCUT2D eigenvalue weighted by atomic mass is 10.1. The highest BCUT2D eigenvalue weighted by Crippen LogP contribution is 2.20. The molecule has 1 aromatic heterocycles. The molecule has 1 heterocycles. The largest absolute Gasteiger partial charge is 0.478 e. The summed E-state index contributed by atoms with van der Waals surface area (Å²) in [5.41, 5.74) is 1.80. The molecule has 0 aliphatic heterocycles. The SMILES string of the molecule is CCC(CC)Nc1ccc(C(=O)O)cc1CNC(=O)Cn1cccn1. The molecule has 3 N–H and O–H groups in total. The third-order valence-corrected chi connectivity index (χ3v) is 4.04. The van der Waals surface area contributed by atoms with E-state index in [0.29, 0.717) is 6.04 Å². The maximum absolute atomic E-state index is 12.0. The van der Waals surface area contributed by atoms with Gasteiger partial charge in [-0.3, -0.25) is 9.48 Å². The number of hydrogen-bond donors (Lipinski definition) is 3. The van der Waals surface area contributed by atoms with Crippen LogP contribution >= 0.6 is 0 Å². The van der Waals surface area contributed by atoms with Gasteiger partial charge in [-0.05, 0) is 42.7 Å². The lowest BCUT2D eigenvalue weighted by Crippen LogP contribution is -2.28. The van der Waals surface area contributed by atoms with Gasteiger partial charge in [0.25, 0.3) is 0 Å². The number of aromatic carboxylic acids is 1. The van der Waals surface area contributed by atoms with Crippen molar-refractivity contribution in [3.63, 3.8) is 0 Å².